The van der Waals surface area contributed by atoms with Crippen LogP contribution in [0.4, 0.5) is 4.79 Å². The van der Waals surface area contributed by atoms with Crippen molar-refractivity contribution in [2.45, 2.75) is 0 Å². The minimum absolute atomic E-state index is 0.833. The summed E-state index contributed by atoms with van der Waals surface area (Å²) in [6.45, 7) is 3.03. The zero-order chi connectivity index (χ0) is 7.28. The summed E-state index contributed by atoms with van der Waals surface area (Å²) in [5, 5.41) is 0. The Kier molecular flexibility index (Phi) is 3.46. The van der Waals surface area contributed by atoms with Crippen LogP contribution < -0.4 is 0 Å². The maximum Gasteiger partial charge on any atom is 0.448 e. The Morgan fingerprint density at radius 1 is 1.44 bits per heavy atom. The number of halogens is 1. The van der Waals surface area contributed by atoms with Crippen LogP contribution in [0.2, 0.25) is 0 Å². The van der Waals surface area contributed by atoms with E-state index in [2.05, 4.69) is 28.0 Å². The summed E-state index contributed by atoms with van der Waals surface area (Å²) < 4.78 is 0. The normalized spacial score (nSPS) is 7.67. The summed E-state index contributed by atoms with van der Waals surface area (Å²) >= 11 is 4.61. The molecule has 0 spiro atoms. The van der Waals surface area contributed by atoms with E-state index in [-0.39, 0.29) is 0 Å². The van der Waals surface area contributed by atoms with Crippen LogP contribution in [0.25, 0.3) is 0 Å². The molecule has 0 fully saturated rings. The summed E-state index contributed by atoms with van der Waals surface area (Å²) in [5.74, 6) is -0.871. The lowest BCUT2D eigenvalue weighted by Gasteiger charge is -1.92. The van der Waals surface area contributed by atoms with E-state index in [0.29, 0.717) is 0 Å². The van der Waals surface area contributed by atoms with E-state index in [1.54, 1.807) is 0 Å². The minimum atomic E-state index is -1.20. The second-order valence-electron chi connectivity index (χ2n) is 0.927. The Bertz CT molecular complexity index is 142. The first kappa shape index (κ1) is 7.97. The van der Waals surface area contributed by atoms with Gasteiger partial charge in [-0.15, -0.1) is 0 Å². The van der Waals surface area contributed by atoms with E-state index in [9.17, 15) is 9.59 Å². The maximum atomic E-state index is 10.0. The van der Waals surface area contributed by atoms with Crippen molar-refractivity contribution in [3.05, 3.63) is 12.7 Å². The third-order valence-electron chi connectivity index (χ3n) is 0.356. The second-order valence-corrected chi connectivity index (χ2v) is 1.24. The van der Waals surface area contributed by atoms with Crippen LogP contribution in [0.5, 0.6) is 0 Å². The first-order valence-corrected chi connectivity index (χ1v) is 2.25. The predicted molar refractivity (Wildman–Crippen MR) is 28.6 cm³/mol. The van der Waals surface area contributed by atoms with E-state index in [0.717, 1.165) is 6.08 Å². The van der Waals surface area contributed by atoms with Crippen LogP contribution in [-0.2, 0) is 14.6 Å². The summed E-state index contributed by atoms with van der Waals surface area (Å²) in [4.78, 5) is 27.1. The largest absolute Gasteiger partial charge is 0.448 e. The molecule has 4 nitrogen and oxygen atoms in total. The molecular weight excluding hydrogens is 147 g/mol. The number of hydrogen-bond donors (Lipinski definition) is 0. The van der Waals surface area contributed by atoms with Gasteiger partial charge >= 0.3 is 11.4 Å². The van der Waals surface area contributed by atoms with Crippen molar-refractivity contribution < 1.29 is 19.4 Å². The summed E-state index contributed by atoms with van der Waals surface area (Å²) in [6, 6.07) is 0. The lowest BCUT2D eigenvalue weighted by molar-refractivity contribution is -0.221. The molecular formula is C4H3ClO4. The zero-order valence-corrected chi connectivity index (χ0v) is 5.05. The van der Waals surface area contributed by atoms with Crippen LogP contribution in [-0.4, -0.2) is 11.4 Å². The Morgan fingerprint density at radius 3 is 2.33 bits per heavy atom. The van der Waals surface area contributed by atoms with E-state index in [1.165, 1.54) is 0 Å². The molecule has 0 aliphatic heterocycles. The third kappa shape index (κ3) is 4.83. The van der Waals surface area contributed by atoms with Crippen molar-refractivity contribution >= 4 is 23.0 Å². The van der Waals surface area contributed by atoms with Gasteiger partial charge in [0.2, 0.25) is 0 Å². The molecule has 0 aromatic carbocycles. The molecule has 0 rings (SSSR count). The third-order valence-corrected chi connectivity index (χ3v) is 0.419. The standard InChI is InChI=1S/C4H3ClO4/c1-2-3(6)8-9-4(5)7/h2H,1H2. The monoisotopic (exact) mass is 150 g/mol. The molecule has 0 saturated heterocycles. The van der Waals surface area contributed by atoms with Crippen molar-refractivity contribution in [3.63, 3.8) is 0 Å². The molecule has 0 aromatic heterocycles. The van der Waals surface area contributed by atoms with Gasteiger partial charge in [-0.2, -0.15) is 0 Å². The maximum absolute atomic E-state index is 10.0. The summed E-state index contributed by atoms with van der Waals surface area (Å²) in [7, 11) is 0. The average molecular weight is 151 g/mol. The zero-order valence-electron chi connectivity index (χ0n) is 4.30. The molecule has 0 N–H and O–H groups in total. The van der Waals surface area contributed by atoms with Gasteiger partial charge in [-0.25, -0.2) is 19.4 Å². The van der Waals surface area contributed by atoms with Crippen LogP contribution in [0.3, 0.4) is 0 Å². The Morgan fingerprint density at radius 2 is 2.00 bits per heavy atom. The Hall–Kier alpha value is -1.03. The van der Waals surface area contributed by atoms with Crippen LogP contribution in [0.15, 0.2) is 12.7 Å². The van der Waals surface area contributed by atoms with Crippen molar-refractivity contribution in [3.8, 4) is 0 Å². The van der Waals surface area contributed by atoms with Gasteiger partial charge in [0.25, 0.3) is 0 Å². The molecule has 50 valence electrons. The molecule has 0 amide bonds. The summed E-state index contributed by atoms with van der Waals surface area (Å²) in [5.41, 5.74) is -1.20. The molecule has 0 saturated carbocycles. The molecule has 0 atom stereocenters. The topological polar surface area (TPSA) is 52.6 Å². The van der Waals surface area contributed by atoms with Crippen LogP contribution >= 0.6 is 11.6 Å². The van der Waals surface area contributed by atoms with Gasteiger partial charge < -0.3 is 0 Å². The van der Waals surface area contributed by atoms with E-state index < -0.39 is 11.4 Å². The first-order chi connectivity index (χ1) is 4.16. The Balaban J connectivity index is 3.39. The van der Waals surface area contributed by atoms with E-state index >= 15 is 0 Å². The molecule has 5 heteroatoms. The smallest absolute Gasteiger partial charge is 0.242 e. The lowest BCUT2D eigenvalue weighted by atomic mass is 10.7. The first-order valence-electron chi connectivity index (χ1n) is 1.87. The molecule has 0 aliphatic rings. The highest BCUT2D eigenvalue weighted by Crippen LogP contribution is 1.88. The second kappa shape index (κ2) is 3.91. The number of hydrogen-bond acceptors (Lipinski definition) is 4. The van der Waals surface area contributed by atoms with Crippen molar-refractivity contribution in [1.82, 2.24) is 0 Å². The minimum Gasteiger partial charge on any atom is -0.242 e. The van der Waals surface area contributed by atoms with Gasteiger partial charge in [0.1, 0.15) is 0 Å². The van der Waals surface area contributed by atoms with E-state index in [1.807, 2.05) is 0 Å². The molecule has 0 aromatic rings. The molecule has 0 bridgehead atoms. The van der Waals surface area contributed by atoms with Crippen molar-refractivity contribution in [2.24, 2.45) is 0 Å². The molecule has 0 radical (unpaired) electrons. The quantitative estimate of drug-likeness (QED) is 0.242. The van der Waals surface area contributed by atoms with Crippen molar-refractivity contribution in [2.75, 3.05) is 0 Å². The highest BCUT2D eigenvalue weighted by atomic mass is 35.5. The number of rotatable bonds is 1. The molecule has 0 heterocycles. The fourth-order valence-corrected chi connectivity index (χ4v) is 0.139. The Labute approximate surface area is 55.9 Å². The molecule has 9 heavy (non-hydrogen) atoms. The van der Waals surface area contributed by atoms with Gasteiger partial charge in [0, 0.05) is 17.7 Å². The fraction of sp³-hybridized carbons (Fsp3) is 0. The number of carbonyl (C=O) groups excluding carboxylic acids is 2. The molecule has 0 aliphatic carbocycles. The van der Waals surface area contributed by atoms with Gasteiger partial charge in [0.05, 0.1) is 0 Å². The van der Waals surface area contributed by atoms with Gasteiger partial charge in [0.15, 0.2) is 0 Å². The number of carbonyl (C=O) groups is 2. The predicted octanol–water partition coefficient (Wildman–Crippen LogP) is 1.01. The van der Waals surface area contributed by atoms with Crippen LogP contribution in [0, 0.1) is 0 Å². The molecule has 0 unspecified atom stereocenters. The van der Waals surface area contributed by atoms with Gasteiger partial charge in [-0.1, -0.05) is 6.58 Å². The van der Waals surface area contributed by atoms with Crippen LogP contribution in [0.1, 0.15) is 0 Å². The van der Waals surface area contributed by atoms with Gasteiger partial charge in [-0.3, -0.25) is 0 Å². The average Bonchev–Trinajstić information content (AvgIpc) is 1.83. The van der Waals surface area contributed by atoms with E-state index in [4.69, 9.17) is 0 Å². The van der Waals surface area contributed by atoms with Gasteiger partial charge in [-0.05, 0) is 0 Å². The SMILES string of the molecule is C=CC(=O)OOC(=O)Cl. The van der Waals surface area contributed by atoms with Crippen molar-refractivity contribution in [1.29, 1.82) is 0 Å². The fourth-order valence-electron chi connectivity index (χ4n) is 0.108. The lowest BCUT2D eigenvalue weighted by Crippen LogP contribution is -2.02. The highest BCUT2D eigenvalue weighted by Gasteiger charge is 2.00. The summed E-state index contributed by atoms with van der Waals surface area (Å²) in [6.07, 6.45) is 0.833. The highest BCUT2D eigenvalue weighted by molar-refractivity contribution is 6.61.